The van der Waals surface area contributed by atoms with Crippen molar-refractivity contribution in [3.05, 3.63) is 29.8 Å². The van der Waals surface area contributed by atoms with Gasteiger partial charge in [0.1, 0.15) is 5.75 Å². The van der Waals surface area contributed by atoms with Crippen LogP contribution >= 0.6 is 0 Å². The Kier molecular flexibility index (Phi) is 4.12. The van der Waals surface area contributed by atoms with Crippen LogP contribution in [0.4, 0.5) is 0 Å². The van der Waals surface area contributed by atoms with Gasteiger partial charge in [-0.1, -0.05) is 0 Å². The number of aliphatic hydroxyl groups excluding tert-OH is 1. The average Bonchev–Trinajstić information content (AvgIpc) is 2.18. The molecule has 4 heteroatoms. The molecule has 0 bridgehead atoms. The molecule has 3 N–H and O–H groups in total. The van der Waals surface area contributed by atoms with Gasteiger partial charge < -0.3 is 15.6 Å². The fraction of sp³-hybridized carbons (Fsp3) is 0.364. The van der Waals surface area contributed by atoms with E-state index in [2.05, 4.69) is 0 Å². The highest BCUT2D eigenvalue weighted by Gasteiger charge is 2.01. The number of primary amides is 1. The Labute approximate surface area is 88.7 Å². The molecule has 0 aliphatic heterocycles. The van der Waals surface area contributed by atoms with Crippen molar-refractivity contribution >= 4 is 5.91 Å². The summed E-state index contributed by atoms with van der Waals surface area (Å²) in [5.74, 6) is 0.214. The fourth-order valence-corrected chi connectivity index (χ4v) is 1.06. The van der Waals surface area contributed by atoms with Crippen LogP contribution in [0, 0.1) is 0 Å². The van der Waals surface area contributed by atoms with Crippen molar-refractivity contribution in [2.45, 2.75) is 19.4 Å². The lowest BCUT2D eigenvalue weighted by Gasteiger charge is -2.07. The van der Waals surface area contributed by atoms with Crippen molar-refractivity contribution in [2.24, 2.45) is 5.73 Å². The third-order valence-corrected chi connectivity index (χ3v) is 1.94. The number of hydrogen-bond acceptors (Lipinski definition) is 3. The van der Waals surface area contributed by atoms with Gasteiger partial charge in [-0.25, -0.2) is 0 Å². The first-order chi connectivity index (χ1) is 7.09. The highest BCUT2D eigenvalue weighted by Crippen LogP contribution is 2.12. The quantitative estimate of drug-likeness (QED) is 0.757. The first kappa shape index (κ1) is 11.5. The number of amides is 1. The van der Waals surface area contributed by atoms with E-state index in [0.29, 0.717) is 24.3 Å². The Bertz CT molecular complexity index is 319. The van der Waals surface area contributed by atoms with Crippen LogP contribution in [0.25, 0.3) is 0 Å². The van der Waals surface area contributed by atoms with Crippen LogP contribution in [-0.4, -0.2) is 23.7 Å². The Morgan fingerprint density at radius 3 is 2.53 bits per heavy atom. The van der Waals surface area contributed by atoms with Crippen molar-refractivity contribution in [3.63, 3.8) is 0 Å². The third-order valence-electron chi connectivity index (χ3n) is 1.94. The second-order valence-electron chi connectivity index (χ2n) is 3.37. The van der Waals surface area contributed by atoms with Gasteiger partial charge in [-0.15, -0.1) is 0 Å². The van der Waals surface area contributed by atoms with E-state index in [1.54, 1.807) is 31.2 Å². The molecule has 1 amide bonds. The van der Waals surface area contributed by atoms with Crippen LogP contribution in [-0.2, 0) is 0 Å². The summed E-state index contributed by atoms with van der Waals surface area (Å²) < 4.78 is 5.34. The van der Waals surface area contributed by atoms with Gasteiger partial charge in [0.25, 0.3) is 0 Å². The van der Waals surface area contributed by atoms with Crippen LogP contribution in [0.15, 0.2) is 24.3 Å². The summed E-state index contributed by atoms with van der Waals surface area (Å²) in [6, 6.07) is 6.59. The van der Waals surface area contributed by atoms with Gasteiger partial charge in [-0.05, 0) is 31.2 Å². The van der Waals surface area contributed by atoms with E-state index in [1.165, 1.54) is 0 Å². The van der Waals surface area contributed by atoms with Crippen molar-refractivity contribution in [2.75, 3.05) is 6.61 Å². The third kappa shape index (κ3) is 3.99. The lowest BCUT2D eigenvalue weighted by Crippen LogP contribution is -2.11. The second kappa shape index (κ2) is 5.36. The minimum absolute atomic E-state index is 0.366. The summed E-state index contributed by atoms with van der Waals surface area (Å²) in [6.07, 6.45) is 0.215. The van der Waals surface area contributed by atoms with E-state index in [-0.39, 0.29) is 6.10 Å². The van der Waals surface area contributed by atoms with Crippen LogP contribution in [0.3, 0.4) is 0 Å². The lowest BCUT2D eigenvalue weighted by atomic mass is 10.2. The summed E-state index contributed by atoms with van der Waals surface area (Å²) >= 11 is 0. The Balaban J connectivity index is 2.46. The van der Waals surface area contributed by atoms with Gasteiger partial charge in [0.15, 0.2) is 0 Å². The number of benzene rings is 1. The molecule has 0 aliphatic carbocycles. The predicted octanol–water partition coefficient (Wildman–Crippen LogP) is 0.935. The van der Waals surface area contributed by atoms with Gasteiger partial charge in [-0.3, -0.25) is 4.79 Å². The zero-order chi connectivity index (χ0) is 11.3. The molecule has 4 nitrogen and oxygen atoms in total. The number of ether oxygens (including phenoxy) is 1. The minimum Gasteiger partial charge on any atom is -0.493 e. The molecule has 1 unspecified atom stereocenters. The first-order valence-corrected chi connectivity index (χ1v) is 4.80. The molecule has 0 radical (unpaired) electrons. The van der Waals surface area contributed by atoms with Gasteiger partial charge >= 0.3 is 0 Å². The number of rotatable bonds is 5. The topological polar surface area (TPSA) is 72.6 Å². The fourth-order valence-electron chi connectivity index (χ4n) is 1.06. The van der Waals surface area contributed by atoms with Crippen LogP contribution in [0.5, 0.6) is 5.75 Å². The van der Waals surface area contributed by atoms with Gasteiger partial charge in [0.2, 0.25) is 5.91 Å². The molecule has 82 valence electrons. The molecule has 0 saturated carbocycles. The number of aliphatic hydroxyl groups is 1. The van der Waals surface area contributed by atoms with E-state index in [9.17, 15) is 4.79 Å². The number of nitrogens with two attached hydrogens (primary N) is 1. The number of carbonyl (C=O) groups excluding carboxylic acids is 1. The molecule has 1 aromatic rings. The van der Waals surface area contributed by atoms with Crippen molar-refractivity contribution in [1.29, 1.82) is 0 Å². The molecule has 15 heavy (non-hydrogen) atoms. The van der Waals surface area contributed by atoms with E-state index >= 15 is 0 Å². The molecular weight excluding hydrogens is 194 g/mol. The molecule has 0 fully saturated rings. The highest BCUT2D eigenvalue weighted by molar-refractivity contribution is 5.92. The van der Waals surface area contributed by atoms with Crippen molar-refractivity contribution < 1.29 is 14.6 Å². The molecular formula is C11H15NO3. The van der Waals surface area contributed by atoms with Crippen LogP contribution in [0.2, 0.25) is 0 Å². The molecule has 1 rings (SSSR count). The molecule has 0 saturated heterocycles. The molecule has 0 spiro atoms. The molecule has 0 heterocycles. The van der Waals surface area contributed by atoms with Crippen molar-refractivity contribution in [1.82, 2.24) is 0 Å². The zero-order valence-electron chi connectivity index (χ0n) is 8.64. The monoisotopic (exact) mass is 209 g/mol. The SMILES string of the molecule is CC(O)CCOc1ccc(C(N)=O)cc1. The molecule has 1 aromatic carbocycles. The molecule has 0 aromatic heterocycles. The zero-order valence-corrected chi connectivity index (χ0v) is 8.64. The number of hydrogen-bond donors (Lipinski definition) is 2. The Morgan fingerprint density at radius 1 is 1.47 bits per heavy atom. The maximum Gasteiger partial charge on any atom is 0.248 e. The van der Waals surface area contributed by atoms with Crippen LogP contribution in [0.1, 0.15) is 23.7 Å². The van der Waals surface area contributed by atoms with Crippen LogP contribution < -0.4 is 10.5 Å². The Hall–Kier alpha value is -1.55. The van der Waals surface area contributed by atoms with E-state index in [4.69, 9.17) is 15.6 Å². The second-order valence-corrected chi connectivity index (χ2v) is 3.37. The summed E-state index contributed by atoms with van der Waals surface area (Å²) in [5.41, 5.74) is 5.55. The maximum atomic E-state index is 10.8. The normalized spacial score (nSPS) is 12.1. The van der Waals surface area contributed by atoms with E-state index in [0.717, 1.165) is 0 Å². The number of carbonyl (C=O) groups is 1. The van der Waals surface area contributed by atoms with Gasteiger partial charge in [0, 0.05) is 12.0 Å². The summed E-state index contributed by atoms with van der Waals surface area (Å²) in [7, 11) is 0. The predicted molar refractivity (Wildman–Crippen MR) is 56.8 cm³/mol. The van der Waals surface area contributed by atoms with E-state index < -0.39 is 5.91 Å². The Morgan fingerprint density at radius 2 is 2.07 bits per heavy atom. The standard InChI is InChI=1S/C11H15NO3/c1-8(13)6-7-15-10-4-2-9(3-5-10)11(12)14/h2-5,8,13H,6-7H2,1H3,(H2,12,14). The highest BCUT2D eigenvalue weighted by atomic mass is 16.5. The van der Waals surface area contributed by atoms with Gasteiger partial charge in [0.05, 0.1) is 12.7 Å². The largest absolute Gasteiger partial charge is 0.493 e. The smallest absolute Gasteiger partial charge is 0.248 e. The first-order valence-electron chi connectivity index (χ1n) is 4.80. The molecule has 0 aliphatic rings. The summed E-state index contributed by atoms with van der Waals surface area (Å²) in [4.78, 5) is 10.8. The maximum absolute atomic E-state index is 10.8. The lowest BCUT2D eigenvalue weighted by molar-refractivity contribution is 0.100. The summed E-state index contributed by atoms with van der Waals surface area (Å²) in [5, 5.41) is 9.01. The van der Waals surface area contributed by atoms with E-state index in [1.807, 2.05) is 0 Å². The minimum atomic E-state index is -0.453. The van der Waals surface area contributed by atoms with Crippen molar-refractivity contribution in [3.8, 4) is 5.75 Å². The van der Waals surface area contributed by atoms with Gasteiger partial charge in [-0.2, -0.15) is 0 Å². The molecule has 1 atom stereocenters. The average molecular weight is 209 g/mol. The summed E-state index contributed by atoms with van der Waals surface area (Å²) in [6.45, 7) is 2.16.